The first-order valence-electron chi connectivity index (χ1n) is 10.1. The first-order chi connectivity index (χ1) is 15.0. The minimum absolute atomic E-state index is 0.0870. The summed E-state index contributed by atoms with van der Waals surface area (Å²) >= 11 is 0. The first-order valence-corrected chi connectivity index (χ1v) is 10.1. The Balaban J connectivity index is 1.58. The molecule has 8 heteroatoms. The van der Waals surface area contributed by atoms with Crippen LogP contribution in [0.4, 0.5) is 11.5 Å². The van der Waals surface area contributed by atoms with E-state index in [2.05, 4.69) is 34.9 Å². The molecule has 0 bridgehead atoms. The molecule has 31 heavy (non-hydrogen) atoms. The molecule has 1 aliphatic heterocycles. The molecular formula is C23H23N7O. The van der Waals surface area contributed by atoms with Crippen molar-refractivity contribution in [2.24, 2.45) is 0 Å². The maximum absolute atomic E-state index is 12.7. The molecule has 2 N–H and O–H groups in total. The van der Waals surface area contributed by atoms with Crippen molar-refractivity contribution in [3.8, 4) is 11.3 Å². The molecule has 0 saturated carbocycles. The van der Waals surface area contributed by atoms with Gasteiger partial charge in [-0.2, -0.15) is 0 Å². The number of carbonyl (C=O) groups excluding carboxylic acids is 1. The van der Waals surface area contributed by atoms with E-state index >= 15 is 0 Å². The van der Waals surface area contributed by atoms with Gasteiger partial charge in [0.25, 0.3) is 5.91 Å². The Hall–Kier alpha value is -3.78. The van der Waals surface area contributed by atoms with Crippen LogP contribution in [0.2, 0.25) is 0 Å². The predicted octanol–water partition coefficient (Wildman–Crippen LogP) is 3.15. The van der Waals surface area contributed by atoms with Crippen molar-refractivity contribution in [1.82, 2.24) is 29.6 Å². The van der Waals surface area contributed by atoms with Crippen LogP contribution in [0.3, 0.4) is 0 Å². The summed E-state index contributed by atoms with van der Waals surface area (Å²) in [5.41, 5.74) is 7.01. The van der Waals surface area contributed by atoms with Gasteiger partial charge in [0.05, 0.1) is 35.0 Å². The van der Waals surface area contributed by atoms with Crippen LogP contribution in [0, 0.1) is 6.92 Å². The maximum atomic E-state index is 12.7. The van der Waals surface area contributed by atoms with Crippen molar-refractivity contribution in [1.29, 1.82) is 0 Å². The van der Waals surface area contributed by atoms with Gasteiger partial charge < -0.3 is 15.5 Å². The molecule has 1 amide bonds. The van der Waals surface area contributed by atoms with Gasteiger partial charge in [0.2, 0.25) is 0 Å². The third-order valence-corrected chi connectivity index (χ3v) is 5.38. The molecule has 5 rings (SSSR count). The number of rotatable bonds is 5. The van der Waals surface area contributed by atoms with Crippen LogP contribution in [-0.2, 0) is 13.1 Å². The van der Waals surface area contributed by atoms with Crippen molar-refractivity contribution in [2.75, 3.05) is 19.4 Å². The standard InChI is InChI=1S/C23H23N7O/c1-14-9-24-12-21-25-11-19(30(14)21)16-7-8-18(22-17(16)10-26-23(22)31)28-20-6-4-5-15(27-20)13-29(2)3/h4-9,11-12H,10,13H2,1-3H3,(H,26,31)(H,27,28). The summed E-state index contributed by atoms with van der Waals surface area (Å²) in [6.07, 6.45) is 5.38. The second kappa shape index (κ2) is 7.48. The van der Waals surface area contributed by atoms with Crippen molar-refractivity contribution in [3.63, 3.8) is 0 Å². The molecule has 0 unspecified atom stereocenters. The number of nitrogens with zero attached hydrogens (tertiary/aromatic N) is 5. The van der Waals surface area contributed by atoms with Gasteiger partial charge in [-0.3, -0.25) is 14.2 Å². The minimum atomic E-state index is -0.0870. The Morgan fingerprint density at radius 2 is 2.03 bits per heavy atom. The molecule has 0 saturated heterocycles. The summed E-state index contributed by atoms with van der Waals surface area (Å²) in [7, 11) is 4.02. The van der Waals surface area contributed by atoms with E-state index in [0.717, 1.165) is 46.1 Å². The largest absolute Gasteiger partial charge is 0.348 e. The van der Waals surface area contributed by atoms with Crippen LogP contribution in [0.5, 0.6) is 0 Å². The summed E-state index contributed by atoms with van der Waals surface area (Å²) in [6.45, 7) is 3.22. The van der Waals surface area contributed by atoms with Gasteiger partial charge in [0, 0.05) is 30.5 Å². The summed E-state index contributed by atoms with van der Waals surface area (Å²) in [5.74, 6) is 0.627. The van der Waals surface area contributed by atoms with Crippen LogP contribution < -0.4 is 10.6 Å². The van der Waals surface area contributed by atoms with Gasteiger partial charge in [-0.25, -0.2) is 9.97 Å². The molecule has 1 aromatic carbocycles. The van der Waals surface area contributed by atoms with Crippen LogP contribution in [0.25, 0.3) is 16.9 Å². The van der Waals surface area contributed by atoms with E-state index in [9.17, 15) is 4.79 Å². The van der Waals surface area contributed by atoms with E-state index in [1.165, 1.54) is 0 Å². The molecule has 0 radical (unpaired) electrons. The molecule has 0 fully saturated rings. The number of hydrogen-bond donors (Lipinski definition) is 2. The molecule has 8 nitrogen and oxygen atoms in total. The Labute approximate surface area is 180 Å². The highest BCUT2D eigenvalue weighted by atomic mass is 16.1. The van der Waals surface area contributed by atoms with Crippen LogP contribution in [0.1, 0.15) is 27.3 Å². The van der Waals surface area contributed by atoms with Gasteiger partial charge in [-0.1, -0.05) is 12.1 Å². The van der Waals surface area contributed by atoms with Crippen LogP contribution >= 0.6 is 0 Å². The average Bonchev–Trinajstić information content (AvgIpc) is 3.34. The number of amides is 1. The zero-order valence-electron chi connectivity index (χ0n) is 17.7. The SMILES string of the molecule is Cc1cncc2ncc(-c3ccc(Nc4cccc(CN(C)C)n4)c4c3CNC4=O)n12. The molecule has 0 spiro atoms. The number of nitrogens with one attached hydrogen (secondary N) is 2. The van der Waals surface area contributed by atoms with E-state index in [1.807, 2.05) is 63.7 Å². The molecule has 0 aliphatic carbocycles. The lowest BCUT2D eigenvalue weighted by molar-refractivity contribution is 0.0966. The monoisotopic (exact) mass is 413 g/mol. The summed E-state index contributed by atoms with van der Waals surface area (Å²) in [4.78, 5) is 28.2. The lowest BCUT2D eigenvalue weighted by Crippen LogP contribution is -2.14. The van der Waals surface area contributed by atoms with E-state index in [1.54, 1.807) is 6.20 Å². The fourth-order valence-electron chi connectivity index (χ4n) is 4.08. The lowest BCUT2D eigenvalue weighted by atomic mass is 9.99. The normalized spacial score (nSPS) is 13.0. The second-order valence-electron chi connectivity index (χ2n) is 7.96. The molecule has 3 aromatic heterocycles. The van der Waals surface area contributed by atoms with Gasteiger partial charge in [0.15, 0.2) is 5.65 Å². The van der Waals surface area contributed by atoms with E-state index in [4.69, 9.17) is 0 Å². The molecule has 4 heterocycles. The topological polar surface area (TPSA) is 87.4 Å². The van der Waals surface area contributed by atoms with Gasteiger partial charge in [-0.05, 0) is 44.8 Å². The van der Waals surface area contributed by atoms with Gasteiger partial charge in [-0.15, -0.1) is 0 Å². The van der Waals surface area contributed by atoms with Crippen LogP contribution in [0.15, 0.2) is 48.9 Å². The summed E-state index contributed by atoms with van der Waals surface area (Å²) < 4.78 is 2.06. The number of hydrogen-bond acceptors (Lipinski definition) is 6. The smallest absolute Gasteiger partial charge is 0.254 e. The third-order valence-electron chi connectivity index (χ3n) is 5.38. The highest BCUT2D eigenvalue weighted by molar-refractivity contribution is 6.06. The molecule has 4 aromatic rings. The zero-order valence-corrected chi connectivity index (χ0v) is 17.7. The van der Waals surface area contributed by atoms with E-state index in [-0.39, 0.29) is 5.91 Å². The van der Waals surface area contributed by atoms with Crippen molar-refractivity contribution < 1.29 is 4.79 Å². The Kier molecular flexibility index (Phi) is 4.63. The number of pyridine rings is 1. The number of aryl methyl sites for hydroxylation is 1. The molecule has 0 atom stereocenters. The first kappa shape index (κ1) is 19.2. The highest BCUT2D eigenvalue weighted by Gasteiger charge is 2.27. The summed E-state index contributed by atoms with van der Waals surface area (Å²) in [6, 6.07) is 9.85. The Bertz CT molecular complexity index is 1310. The minimum Gasteiger partial charge on any atom is -0.348 e. The number of benzene rings is 1. The van der Waals surface area contributed by atoms with Gasteiger partial charge in [0.1, 0.15) is 5.82 Å². The predicted molar refractivity (Wildman–Crippen MR) is 119 cm³/mol. The third kappa shape index (κ3) is 3.40. The average molecular weight is 413 g/mol. The number of carbonyl (C=O) groups is 1. The summed E-state index contributed by atoms with van der Waals surface area (Å²) in [5, 5.41) is 6.31. The Morgan fingerprint density at radius 3 is 2.87 bits per heavy atom. The quantitative estimate of drug-likeness (QED) is 0.523. The van der Waals surface area contributed by atoms with Crippen LogP contribution in [-0.4, -0.2) is 44.3 Å². The fraction of sp³-hybridized carbons (Fsp3) is 0.217. The maximum Gasteiger partial charge on any atom is 0.254 e. The number of fused-ring (bicyclic) bond motifs is 2. The number of aromatic nitrogens is 4. The van der Waals surface area contributed by atoms with Crippen molar-refractivity contribution in [3.05, 3.63) is 71.4 Å². The number of anilines is 2. The van der Waals surface area contributed by atoms with E-state index in [0.29, 0.717) is 17.9 Å². The molecular weight excluding hydrogens is 390 g/mol. The van der Waals surface area contributed by atoms with E-state index < -0.39 is 0 Å². The van der Waals surface area contributed by atoms with Gasteiger partial charge >= 0.3 is 0 Å². The molecule has 156 valence electrons. The second-order valence-corrected chi connectivity index (χ2v) is 7.96. The highest BCUT2D eigenvalue weighted by Crippen LogP contribution is 2.35. The molecule has 1 aliphatic rings. The number of imidazole rings is 1. The van der Waals surface area contributed by atoms with Crippen molar-refractivity contribution >= 4 is 23.1 Å². The lowest BCUT2D eigenvalue weighted by Gasteiger charge is -2.14. The Morgan fingerprint density at radius 1 is 1.16 bits per heavy atom. The fourth-order valence-corrected chi connectivity index (χ4v) is 4.08. The zero-order chi connectivity index (χ0) is 21.5. The van der Waals surface area contributed by atoms with Crippen molar-refractivity contribution in [2.45, 2.75) is 20.0 Å².